The molecule has 1 N–H and O–H groups in total. The molecule has 0 saturated carbocycles. The number of rotatable bonds is 6. The number of ether oxygens (including phenoxy) is 2. The van der Waals surface area contributed by atoms with Gasteiger partial charge in [0.25, 0.3) is 5.91 Å². The number of nitrogens with one attached hydrogen (secondary N) is 1. The highest BCUT2D eigenvalue weighted by Crippen LogP contribution is 2.25. The lowest BCUT2D eigenvalue weighted by atomic mass is 10.1. The Bertz CT molecular complexity index is 795. The van der Waals surface area contributed by atoms with Gasteiger partial charge in [-0.2, -0.15) is 0 Å². The smallest absolute Gasteiger partial charge is 0.310 e. The molecular weight excluding hydrogens is 389 g/mol. The highest BCUT2D eigenvalue weighted by atomic mass is 35.5. The van der Waals surface area contributed by atoms with Gasteiger partial charge >= 0.3 is 5.97 Å². The Kier molecular flexibility index (Phi) is 6.93. The van der Waals surface area contributed by atoms with E-state index < -0.39 is 18.5 Å². The third-order valence-corrected chi connectivity index (χ3v) is 3.94. The van der Waals surface area contributed by atoms with Gasteiger partial charge in [0.1, 0.15) is 5.75 Å². The zero-order valence-corrected chi connectivity index (χ0v) is 15.4. The molecule has 0 aliphatic rings. The summed E-state index contributed by atoms with van der Waals surface area (Å²) >= 11 is 17.7. The molecule has 0 saturated heterocycles. The fourth-order valence-corrected chi connectivity index (χ4v) is 2.55. The molecule has 8 heteroatoms. The van der Waals surface area contributed by atoms with Gasteiger partial charge in [-0.05, 0) is 36.4 Å². The van der Waals surface area contributed by atoms with Crippen LogP contribution in [-0.4, -0.2) is 25.6 Å². The normalized spacial score (nSPS) is 10.2. The number of benzene rings is 2. The van der Waals surface area contributed by atoms with E-state index in [4.69, 9.17) is 44.3 Å². The molecule has 0 aliphatic carbocycles. The van der Waals surface area contributed by atoms with Crippen molar-refractivity contribution in [3.8, 4) is 5.75 Å². The largest absolute Gasteiger partial charge is 0.496 e. The fourth-order valence-electron chi connectivity index (χ4n) is 2.02. The van der Waals surface area contributed by atoms with Crippen molar-refractivity contribution in [2.24, 2.45) is 0 Å². The number of methoxy groups -OCH3 is 1. The Balaban J connectivity index is 1.90. The summed E-state index contributed by atoms with van der Waals surface area (Å²) in [5.41, 5.74) is 0.907. The van der Waals surface area contributed by atoms with Crippen molar-refractivity contribution in [2.75, 3.05) is 19.0 Å². The van der Waals surface area contributed by atoms with Gasteiger partial charge in [0.2, 0.25) is 0 Å². The molecule has 5 nitrogen and oxygen atoms in total. The molecule has 0 aliphatic heterocycles. The van der Waals surface area contributed by atoms with Crippen molar-refractivity contribution < 1.29 is 19.1 Å². The SMILES string of the molecule is COc1ccc(Cl)cc1CC(=O)OCC(=O)Nc1cc(Cl)ccc1Cl. The molecular formula is C17H14Cl3NO4. The van der Waals surface area contributed by atoms with Crippen molar-refractivity contribution in [3.05, 3.63) is 57.0 Å². The van der Waals surface area contributed by atoms with Crippen LogP contribution in [0, 0.1) is 0 Å². The van der Waals surface area contributed by atoms with Crippen LogP contribution in [0.15, 0.2) is 36.4 Å². The number of amides is 1. The van der Waals surface area contributed by atoms with Crippen LogP contribution in [0.2, 0.25) is 15.1 Å². The van der Waals surface area contributed by atoms with E-state index in [1.807, 2.05) is 0 Å². The summed E-state index contributed by atoms with van der Waals surface area (Å²) in [6.07, 6.45) is -0.0745. The first kappa shape index (κ1) is 19.4. The van der Waals surface area contributed by atoms with Crippen LogP contribution in [0.3, 0.4) is 0 Å². The molecule has 2 aromatic rings. The van der Waals surface area contributed by atoms with E-state index in [0.717, 1.165) is 0 Å². The van der Waals surface area contributed by atoms with Crippen molar-refractivity contribution in [1.82, 2.24) is 0 Å². The summed E-state index contributed by atoms with van der Waals surface area (Å²) in [5.74, 6) is -0.611. The van der Waals surface area contributed by atoms with E-state index >= 15 is 0 Å². The fraction of sp³-hybridized carbons (Fsp3) is 0.176. The molecule has 0 heterocycles. The number of hydrogen-bond acceptors (Lipinski definition) is 4. The van der Waals surface area contributed by atoms with Gasteiger partial charge in [-0.15, -0.1) is 0 Å². The van der Waals surface area contributed by atoms with Crippen molar-refractivity contribution in [3.63, 3.8) is 0 Å². The Morgan fingerprint density at radius 1 is 1.04 bits per heavy atom. The van der Waals surface area contributed by atoms with Gasteiger partial charge in [0.05, 0.1) is 24.2 Å². The summed E-state index contributed by atoms with van der Waals surface area (Å²) in [6, 6.07) is 9.55. The third kappa shape index (κ3) is 5.81. The molecule has 0 radical (unpaired) electrons. The first-order chi connectivity index (χ1) is 11.9. The first-order valence-corrected chi connectivity index (χ1v) is 8.25. The second kappa shape index (κ2) is 8.94. The molecule has 1 amide bonds. The number of hydrogen-bond donors (Lipinski definition) is 1. The lowest BCUT2D eigenvalue weighted by molar-refractivity contribution is -0.146. The molecule has 2 aromatic carbocycles. The van der Waals surface area contributed by atoms with Crippen LogP contribution in [0.5, 0.6) is 5.75 Å². The molecule has 132 valence electrons. The minimum Gasteiger partial charge on any atom is -0.496 e. The van der Waals surface area contributed by atoms with Gasteiger partial charge in [-0.3, -0.25) is 9.59 Å². The Morgan fingerprint density at radius 2 is 1.72 bits per heavy atom. The second-order valence-corrected chi connectivity index (χ2v) is 6.25. The van der Waals surface area contributed by atoms with E-state index in [1.165, 1.54) is 13.2 Å². The monoisotopic (exact) mass is 401 g/mol. The van der Waals surface area contributed by atoms with Crippen molar-refractivity contribution in [2.45, 2.75) is 6.42 Å². The second-order valence-electron chi connectivity index (χ2n) is 4.97. The molecule has 0 fully saturated rings. The van der Waals surface area contributed by atoms with Gasteiger partial charge in [0.15, 0.2) is 6.61 Å². The van der Waals surface area contributed by atoms with Gasteiger partial charge < -0.3 is 14.8 Å². The van der Waals surface area contributed by atoms with Crippen LogP contribution >= 0.6 is 34.8 Å². The van der Waals surface area contributed by atoms with E-state index in [-0.39, 0.29) is 6.42 Å². The zero-order valence-electron chi connectivity index (χ0n) is 13.1. The average molecular weight is 403 g/mol. The van der Waals surface area contributed by atoms with E-state index in [2.05, 4.69) is 5.32 Å². The highest BCUT2D eigenvalue weighted by molar-refractivity contribution is 6.35. The lowest BCUT2D eigenvalue weighted by Gasteiger charge is -2.10. The first-order valence-electron chi connectivity index (χ1n) is 7.12. The van der Waals surface area contributed by atoms with Crippen molar-refractivity contribution >= 4 is 52.4 Å². The van der Waals surface area contributed by atoms with Crippen LogP contribution in [-0.2, 0) is 20.7 Å². The minimum atomic E-state index is -0.590. The lowest BCUT2D eigenvalue weighted by Crippen LogP contribution is -2.22. The standard InChI is InChI=1S/C17H14Cl3NO4/c1-24-15-5-3-11(18)6-10(15)7-17(23)25-9-16(22)21-14-8-12(19)2-4-13(14)20/h2-6,8H,7,9H2,1H3,(H,21,22). The van der Waals surface area contributed by atoms with Crippen LogP contribution in [0.1, 0.15) is 5.56 Å². The van der Waals surface area contributed by atoms with Gasteiger partial charge in [0, 0.05) is 15.6 Å². The Labute approximate surface area is 159 Å². The van der Waals surface area contributed by atoms with Gasteiger partial charge in [-0.1, -0.05) is 34.8 Å². The maximum absolute atomic E-state index is 11.9. The Hall–Kier alpha value is -1.95. The summed E-state index contributed by atoms with van der Waals surface area (Å²) in [4.78, 5) is 23.8. The molecule has 25 heavy (non-hydrogen) atoms. The number of anilines is 1. The maximum Gasteiger partial charge on any atom is 0.310 e. The molecule has 0 atom stereocenters. The molecule has 0 aromatic heterocycles. The minimum absolute atomic E-state index is 0.0745. The topological polar surface area (TPSA) is 64.6 Å². The molecule has 2 rings (SSSR count). The predicted molar refractivity (Wildman–Crippen MR) is 97.8 cm³/mol. The number of carbonyl (C=O) groups excluding carboxylic acids is 2. The molecule has 0 unspecified atom stereocenters. The number of esters is 1. The average Bonchev–Trinajstić information content (AvgIpc) is 2.56. The summed E-state index contributed by atoms with van der Waals surface area (Å²) in [6.45, 7) is -0.454. The van der Waals surface area contributed by atoms with Crippen molar-refractivity contribution in [1.29, 1.82) is 0 Å². The maximum atomic E-state index is 11.9. The summed E-state index contributed by atoms with van der Waals surface area (Å²) in [7, 11) is 1.49. The molecule has 0 spiro atoms. The van der Waals surface area contributed by atoms with E-state index in [9.17, 15) is 9.59 Å². The van der Waals surface area contributed by atoms with E-state index in [1.54, 1.807) is 30.3 Å². The number of carbonyl (C=O) groups is 2. The summed E-state index contributed by atoms with van der Waals surface area (Å²) < 4.78 is 10.1. The van der Waals surface area contributed by atoms with Crippen LogP contribution in [0.25, 0.3) is 0 Å². The highest BCUT2D eigenvalue weighted by Gasteiger charge is 2.13. The van der Waals surface area contributed by atoms with Crippen LogP contribution in [0.4, 0.5) is 5.69 Å². The van der Waals surface area contributed by atoms with Gasteiger partial charge in [-0.25, -0.2) is 0 Å². The van der Waals surface area contributed by atoms with E-state index in [0.29, 0.717) is 32.1 Å². The Morgan fingerprint density at radius 3 is 2.44 bits per heavy atom. The predicted octanol–water partition coefficient (Wildman–Crippen LogP) is 4.38. The quantitative estimate of drug-likeness (QED) is 0.728. The molecule has 0 bridgehead atoms. The van der Waals surface area contributed by atoms with Crippen LogP contribution < -0.4 is 10.1 Å². The third-order valence-electron chi connectivity index (χ3n) is 3.14. The number of halogens is 3. The zero-order chi connectivity index (χ0) is 18.4. The summed E-state index contributed by atoms with van der Waals surface area (Å²) in [5, 5.41) is 3.74.